The van der Waals surface area contributed by atoms with Crippen molar-refractivity contribution < 1.29 is 19.0 Å². The van der Waals surface area contributed by atoms with E-state index < -0.39 is 5.97 Å². The van der Waals surface area contributed by atoms with E-state index in [-0.39, 0.29) is 13.4 Å². The highest BCUT2D eigenvalue weighted by Gasteiger charge is 2.18. The van der Waals surface area contributed by atoms with Gasteiger partial charge in [0.25, 0.3) is 0 Å². The molecule has 1 aliphatic heterocycles. The van der Waals surface area contributed by atoms with Gasteiger partial charge in [0.1, 0.15) is 12.4 Å². The smallest absolute Gasteiger partial charge is 0.340 e. The highest BCUT2D eigenvalue weighted by Crippen LogP contribution is 2.32. The highest BCUT2D eigenvalue weighted by atomic mass is 79.9. The van der Waals surface area contributed by atoms with E-state index in [4.69, 9.17) is 31.5 Å². The Morgan fingerprint density at radius 2 is 2.17 bits per heavy atom. The maximum atomic E-state index is 12.2. The number of esters is 1. The first-order chi connectivity index (χ1) is 11.0. The first-order valence-corrected chi connectivity index (χ1v) is 7.95. The highest BCUT2D eigenvalue weighted by molar-refractivity contribution is 9.10. The molecule has 0 amide bonds. The summed E-state index contributed by atoms with van der Waals surface area (Å²) in [4.78, 5) is 12.2. The van der Waals surface area contributed by atoms with Crippen molar-refractivity contribution in [3.05, 3.63) is 56.5 Å². The van der Waals surface area contributed by atoms with Gasteiger partial charge in [0.15, 0.2) is 6.79 Å². The number of halogens is 2. The number of hydrogen-bond donors (Lipinski definition) is 1. The Morgan fingerprint density at radius 3 is 3.00 bits per heavy atom. The SMILES string of the molecule is Nc1ccc(Br)cc1C(=O)OCc1cc(Cl)cc2c1OCOC2. The first kappa shape index (κ1) is 16.1. The number of carbonyl (C=O) groups is 1. The van der Waals surface area contributed by atoms with Crippen molar-refractivity contribution in [2.24, 2.45) is 0 Å². The van der Waals surface area contributed by atoms with Crippen LogP contribution in [-0.4, -0.2) is 12.8 Å². The van der Waals surface area contributed by atoms with Crippen LogP contribution in [0.15, 0.2) is 34.8 Å². The Bertz CT molecular complexity index is 766. The minimum atomic E-state index is -0.510. The van der Waals surface area contributed by atoms with Crippen LogP contribution < -0.4 is 10.5 Å². The van der Waals surface area contributed by atoms with Crippen molar-refractivity contribution in [3.63, 3.8) is 0 Å². The van der Waals surface area contributed by atoms with Crippen molar-refractivity contribution in [3.8, 4) is 5.75 Å². The van der Waals surface area contributed by atoms with Crippen LogP contribution in [0.4, 0.5) is 5.69 Å². The van der Waals surface area contributed by atoms with Gasteiger partial charge in [-0.3, -0.25) is 0 Å². The number of fused-ring (bicyclic) bond motifs is 1. The van der Waals surface area contributed by atoms with Crippen LogP contribution in [0.25, 0.3) is 0 Å². The Hall–Kier alpha value is -1.76. The zero-order valence-corrected chi connectivity index (χ0v) is 14.3. The zero-order valence-electron chi connectivity index (χ0n) is 12.0. The molecular weight excluding hydrogens is 386 g/mol. The quantitative estimate of drug-likeness (QED) is 0.627. The lowest BCUT2D eigenvalue weighted by molar-refractivity contribution is -0.0180. The van der Waals surface area contributed by atoms with Gasteiger partial charge in [-0.05, 0) is 30.3 Å². The molecule has 0 saturated heterocycles. The average Bonchev–Trinajstić information content (AvgIpc) is 2.54. The molecule has 0 radical (unpaired) electrons. The molecule has 2 N–H and O–H groups in total. The predicted molar refractivity (Wildman–Crippen MR) is 89.4 cm³/mol. The molecule has 23 heavy (non-hydrogen) atoms. The zero-order chi connectivity index (χ0) is 16.4. The molecule has 0 spiro atoms. The number of nitrogens with two attached hydrogens (primary N) is 1. The molecule has 3 rings (SSSR count). The lowest BCUT2D eigenvalue weighted by Crippen LogP contribution is -2.14. The summed E-state index contributed by atoms with van der Waals surface area (Å²) < 4.78 is 16.8. The molecular formula is C16H13BrClNO4. The molecule has 0 unspecified atom stereocenters. The van der Waals surface area contributed by atoms with Gasteiger partial charge in [0, 0.05) is 26.3 Å². The van der Waals surface area contributed by atoms with Crippen LogP contribution in [-0.2, 0) is 22.7 Å². The summed E-state index contributed by atoms with van der Waals surface area (Å²) >= 11 is 9.39. The Labute approximate surface area is 146 Å². The summed E-state index contributed by atoms with van der Waals surface area (Å²) in [5.41, 5.74) is 8.00. The molecule has 2 aromatic rings. The van der Waals surface area contributed by atoms with Crippen LogP contribution in [0.2, 0.25) is 5.02 Å². The molecule has 0 atom stereocenters. The third-order valence-corrected chi connectivity index (χ3v) is 4.06. The van der Waals surface area contributed by atoms with E-state index in [1.165, 1.54) is 0 Å². The minimum absolute atomic E-state index is 0.0354. The third kappa shape index (κ3) is 3.60. The number of rotatable bonds is 3. The van der Waals surface area contributed by atoms with E-state index in [0.717, 1.165) is 10.0 Å². The summed E-state index contributed by atoms with van der Waals surface area (Å²) in [6.45, 7) is 0.608. The average molecular weight is 399 g/mol. The fraction of sp³-hybridized carbons (Fsp3) is 0.188. The number of anilines is 1. The predicted octanol–water partition coefficient (Wildman–Crippen LogP) is 3.91. The van der Waals surface area contributed by atoms with Crippen LogP contribution in [0, 0.1) is 0 Å². The van der Waals surface area contributed by atoms with Gasteiger partial charge >= 0.3 is 5.97 Å². The summed E-state index contributed by atoms with van der Waals surface area (Å²) in [5, 5.41) is 0.533. The van der Waals surface area contributed by atoms with Gasteiger partial charge in [0.2, 0.25) is 0 Å². The second kappa shape index (κ2) is 6.78. The number of carbonyl (C=O) groups excluding carboxylic acids is 1. The minimum Gasteiger partial charge on any atom is -0.467 e. The topological polar surface area (TPSA) is 70.8 Å². The molecule has 120 valence electrons. The molecule has 2 aromatic carbocycles. The Morgan fingerprint density at radius 1 is 1.35 bits per heavy atom. The normalized spacial score (nSPS) is 13.1. The standard InChI is InChI=1S/C16H13BrClNO4/c17-11-1-2-14(19)13(5-11)16(20)22-7-10-4-12(18)3-9-6-21-8-23-15(9)10/h1-5H,6-8,19H2. The molecule has 5 nitrogen and oxygen atoms in total. The Balaban J connectivity index is 1.79. The van der Waals surface area contributed by atoms with Gasteiger partial charge in [-0.1, -0.05) is 27.5 Å². The maximum Gasteiger partial charge on any atom is 0.340 e. The van der Waals surface area contributed by atoms with E-state index in [2.05, 4.69) is 15.9 Å². The lowest BCUT2D eigenvalue weighted by atomic mass is 10.1. The second-order valence-corrected chi connectivity index (χ2v) is 6.32. The van der Waals surface area contributed by atoms with Crippen LogP contribution in [0.3, 0.4) is 0 Å². The van der Waals surface area contributed by atoms with E-state index in [9.17, 15) is 4.79 Å². The number of ether oxygens (including phenoxy) is 3. The van der Waals surface area contributed by atoms with Crippen molar-refractivity contribution in [1.29, 1.82) is 0 Å². The molecule has 0 aliphatic carbocycles. The van der Waals surface area contributed by atoms with Gasteiger partial charge in [0.05, 0.1) is 12.2 Å². The van der Waals surface area contributed by atoms with Crippen LogP contribution >= 0.6 is 27.5 Å². The second-order valence-electron chi connectivity index (χ2n) is 4.97. The Kier molecular flexibility index (Phi) is 4.75. The monoisotopic (exact) mass is 397 g/mol. The summed E-state index contributed by atoms with van der Waals surface area (Å²) in [6.07, 6.45) is 0. The van der Waals surface area contributed by atoms with Crippen LogP contribution in [0.1, 0.15) is 21.5 Å². The van der Waals surface area contributed by atoms with Crippen molar-refractivity contribution in [2.75, 3.05) is 12.5 Å². The molecule has 0 bridgehead atoms. The fourth-order valence-electron chi connectivity index (χ4n) is 2.29. The molecule has 0 saturated carbocycles. The maximum absolute atomic E-state index is 12.2. The van der Waals surface area contributed by atoms with Gasteiger partial charge < -0.3 is 19.9 Å². The van der Waals surface area contributed by atoms with Gasteiger partial charge in [-0.15, -0.1) is 0 Å². The largest absolute Gasteiger partial charge is 0.467 e. The molecule has 1 aliphatic rings. The van der Waals surface area contributed by atoms with Gasteiger partial charge in [-0.25, -0.2) is 4.79 Å². The summed E-state index contributed by atoms with van der Waals surface area (Å²) in [6, 6.07) is 8.50. The van der Waals surface area contributed by atoms with Crippen LogP contribution in [0.5, 0.6) is 5.75 Å². The van der Waals surface area contributed by atoms with E-state index in [1.54, 1.807) is 30.3 Å². The van der Waals surface area contributed by atoms with Gasteiger partial charge in [-0.2, -0.15) is 0 Å². The molecule has 0 fully saturated rings. The van der Waals surface area contributed by atoms with Crippen molar-refractivity contribution in [1.82, 2.24) is 0 Å². The fourth-order valence-corrected chi connectivity index (χ4v) is 2.91. The molecule has 1 heterocycles. The lowest BCUT2D eigenvalue weighted by Gasteiger charge is -2.21. The van der Waals surface area contributed by atoms with E-state index >= 15 is 0 Å². The van der Waals surface area contributed by atoms with E-state index in [0.29, 0.717) is 34.2 Å². The first-order valence-electron chi connectivity index (χ1n) is 6.78. The third-order valence-electron chi connectivity index (χ3n) is 3.35. The molecule has 7 heteroatoms. The van der Waals surface area contributed by atoms with Crippen molar-refractivity contribution in [2.45, 2.75) is 13.2 Å². The van der Waals surface area contributed by atoms with Crippen molar-refractivity contribution >= 4 is 39.2 Å². The number of benzene rings is 2. The molecule has 0 aromatic heterocycles. The summed E-state index contributed by atoms with van der Waals surface area (Å²) in [7, 11) is 0. The summed E-state index contributed by atoms with van der Waals surface area (Å²) in [5.74, 6) is 0.139. The van der Waals surface area contributed by atoms with E-state index in [1.807, 2.05) is 0 Å². The number of hydrogen-bond acceptors (Lipinski definition) is 5. The number of nitrogen functional groups attached to an aromatic ring is 1.